The van der Waals surface area contributed by atoms with Gasteiger partial charge in [-0.25, -0.2) is 9.97 Å². The zero-order chi connectivity index (χ0) is 15.3. The summed E-state index contributed by atoms with van der Waals surface area (Å²) in [6, 6.07) is 1.72. The minimum atomic E-state index is 0.186. The van der Waals surface area contributed by atoms with Crippen molar-refractivity contribution in [1.82, 2.24) is 19.7 Å². The fraction of sp³-hybridized carbons (Fsp3) is 0.333. The van der Waals surface area contributed by atoms with Gasteiger partial charge in [0.15, 0.2) is 5.15 Å². The minimum Gasteiger partial charge on any atom is -0.383 e. The third-order valence-electron chi connectivity index (χ3n) is 4.44. The van der Waals surface area contributed by atoms with E-state index in [1.807, 2.05) is 0 Å². The largest absolute Gasteiger partial charge is 0.383 e. The third-order valence-corrected chi connectivity index (χ3v) is 4.71. The number of fused-ring (bicyclic) bond motifs is 2. The Kier molecular flexibility index (Phi) is 3.00. The van der Waals surface area contributed by atoms with Crippen LogP contribution >= 0.6 is 11.6 Å². The molecule has 7 heteroatoms. The first kappa shape index (κ1) is 13.5. The van der Waals surface area contributed by atoms with Gasteiger partial charge < -0.3 is 5.73 Å². The SMILES string of the molecule is Nc1c(C2=C3CCC(C3)C(=O)C2)c(Cl)nn1-c1ncccn1. The predicted octanol–water partition coefficient (Wildman–Crippen LogP) is 2.42. The molecule has 6 nitrogen and oxygen atoms in total. The van der Waals surface area contributed by atoms with E-state index in [0.29, 0.717) is 28.9 Å². The highest BCUT2D eigenvalue weighted by molar-refractivity contribution is 6.32. The smallest absolute Gasteiger partial charge is 0.252 e. The molecule has 0 amide bonds. The van der Waals surface area contributed by atoms with Gasteiger partial charge in [0.2, 0.25) is 0 Å². The number of nitrogens with zero attached hydrogens (tertiary/aromatic N) is 4. The zero-order valence-corrected chi connectivity index (χ0v) is 12.5. The molecule has 1 unspecified atom stereocenters. The molecule has 2 aromatic heterocycles. The Balaban J connectivity index is 1.86. The molecule has 2 aliphatic rings. The summed E-state index contributed by atoms with van der Waals surface area (Å²) in [6.07, 6.45) is 6.33. The number of hydrogen-bond acceptors (Lipinski definition) is 5. The minimum absolute atomic E-state index is 0.186. The van der Waals surface area contributed by atoms with Crippen LogP contribution in [0.3, 0.4) is 0 Å². The Labute approximate surface area is 132 Å². The number of nitrogens with two attached hydrogens (primary N) is 1. The molecule has 1 saturated carbocycles. The molecule has 112 valence electrons. The average molecular weight is 316 g/mol. The van der Waals surface area contributed by atoms with E-state index in [1.54, 1.807) is 18.5 Å². The van der Waals surface area contributed by atoms with Gasteiger partial charge in [0.1, 0.15) is 11.6 Å². The Morgan fingerprint density at radius 3 is 2.86 bits per heavy atom. The number of aromatic nitrogens is 4. The number of Topliss-reactive ketones (excluding diaryl/α,β-unsaturated/α-hetero) is 1. The van der Waals surface area contributed by atoms with Crippen LogP contribution in [0, 0.1) is 5.92 Å². The maximum absolute atomic E-state index is 12.2. The second kappa shape index (κ2) is 4.91. The highest BCUT2D eigenvalue weighted by atomic mass is 35.5. The van der Waals surface area contributed by atoms with E-state index in [2.05, 4.69) is 15.1 Å². The molecule has 2 bridgehead atoms. The van der Waals surface area contributed by atoms with Crippen LogP contribution in [-0.4, -0.2) is 25.5 Å². The van der Waals surface area contributed by atoms with Gasteiger partial charge in [0.25, 0.3) is 5.95 Å². The molecule has 0 radical (unpaired) electrons. The molecule has 1 atom stereocenters. The quantitative estimate of drug-likeness (QED) is 0.919. The van der Waals surface area contributed by atoms with Gasteiger partial charge in [-0.3, -0.25) is 4.79 Å². The highest BCUT2D eigenvalue weighted by Gasteiger charge is 2.36. The fourth-order valence-electron chi connectivity index (χ4n) is 3.34. The molecule has 4 rings (SSSR count). The van der Waals surface area contributed by atoms with Crippen molar-refractivity contribution in [3.05, 3.63) is 34.7 Å². The molecule has 0 spiro atoms. The van der Waals surface area contributed by atoms with Gasteiger partial charge in [-0.1, -0.05) is 17.2 Å². The van der Waals surface area contributed by atoms with Crippen molar-refractivity contribution < 1.29 is 4.79 Å². The van der Waals surface area contributed by atoms with Crippen LogP contribution in [0.25, 0.3) is 11.5 Å². The van der Waals surface area contributed by atoms with Crippen LogP contribution in [-0.2, 0) is 4.79 Å². The third kappa shape index (κ3) is 1.94. The number of allylic oxidation sites excluding steroid dienone is 2. The average Bonchev–Trinajstić information content (AvgIpc) is 3.08. The number of ketones is 1. The molecule has 2 aromatic rings. The maximum atomic E-state index is 12.2. The number of carbonyl (C=O) groups excluding carboxylic acids is 1. The summed E-state index contributed by atoms with van der Waals surface area (Å²) in [5, 5.41) is 4.55. The Hall–Kier alpha value is -2.21. The van der Waals surface area contributed by atoms with Crippen LogP contribution in [0.15, 0.2) is 24.0 Å². The van der Waals surface area contributed by atoms with Gasteiger partial charge in [-0.15, -0.1) is 0 Å². The second-order valence-corrected chi connectivity index (χ2v) is 6.03. The van der Waals surface area contributed by atoms with Crippen LogP contribution in [0.1, 0.15) is 31.2 Å². The van der Waals surface area contributed by atoms with Crippen molar-refractivity contribution in [2.75, 3.05) is 5.73 Å². The number of halogens is 1. The molecule has 0 aromatic carbocycles. The van der Waals surface area contributed by atoms with Crippen molar-refractivity contribution in [1.29, 1.82) is 0 Å². The predicted molar refractivity (Wildman–Crippen MR) is 82.5 cm³/mol. The van der Waals surface area contributed by atoms with Crippen molar-refractivity contribution >= 4 is 28.8 Å². The van der Waals surface area contributed by atoms with Crippen molar-refractivity contribution in [2.45, 2.75) is 25.7 Å². The Bertz CT molecular complexity index is 796. The second-order valence-electron chi connectivity index (χ2n) is 5.68. The summed E-state index contributed by atoms with van der Waals surface area (Å²) >= 11 is 6.30. The molecule has 2 heterocycles. The van der Waals surface area contributed by atoms with Gasteiger partial charge in [-0.05, 0) is 30.9 Å². The summed E-state index contributed by atoms with van der Waals surface area (Å²) in [5.41, 5.74) is 9.13. The monoisotopic (exact) mass is 315 g/mol. The molecule has 22 heavy (non-hydrogen) atoms. The Morgan fingerprint density at radius 1 is 1.32 bits per heavy atom. The number of rotatable bonds is 2. The lowest BCUT2D eigenvalue weighted by atomic mass is 9.86. The molecule has 0 aliphatic heterocycles. The molecule has 2 N–H and O–H groups in total. The van der Waals surface area contributed by atoms with E-state index in [9.17, 15) is 4.79 Å². The number of hydrogen-bond donors (Lipinski definition) is 1. The van der Waals surface area contributed by atoms with Gasteiger partial charge in [0, 0.05) is 24.7 Å². The van der Waals surface area contributed by atoms with Gasteiger partial charge in [0.05, 0.1) is 5.56 Å². The maximum Gasteiger partial charge on any atom is 0.252 e. The lowest BCUT2D eigenvalue weighted by Crippen LogP contribution is -2.15. The first-order valence-electron chi connectivity index (χ1n) is 7.20. The first-order valence-corrected chi connectivity index (χ1v) is 7.58. The van der Waals surface area contributed by atoms with E-state index in [0.717, 1.165) is 24.8 Å². The standard InChI is InChI=1S/C15H14ClN5O/c16-13-12(10-7-11(22)9-3-2-8(10)6-9)14(17)21(20-13)15-18-4-1-5-19-15/h1,4-5,9H,2-3,6-7,17H2. The highest BCUT2D eigenvalue weighted by Crippen LogP contribution is 2.46. The number of nitrogen functional groups attached to an aromatic ring is 1. The van der Waals surface area contributed by atoms with Gasteiger partial charge in [-0.2, -0.15) is 9.78 Å². The fourth-order valence-corrected chi connectivity index (χ4v) is 3.63. The van der Waals surface area contributed by atoms with Gasteiger partial charge >= 0.3 is 0 Å². The van der Waals surface area contributed by atoms with Crippen molar-refractivity contribution in [2.24, 2.45) is 5.92 Å². The lowest BCUT2D eigenvalue weighted by Gasteiger charge is -2.17. The van der Waals surface area contributed by atoms with E-state index >= 15 is 0 Å². The van der Waals surface area contributed by atoms with Crippen molar-refractivity contribution in [3.8, 4) is 5.95 Å². The normalized spacial score (nSPS) is 20.8. The number of carbonyl (C=O) groups is 1. The van der Waals surface area contributed by atoms with Crippen LogP contribution in [0.5, 0.6) is 0 Å². The van der Waals surface area contributed by atoms with Crippen LogP contribution in [0.2, 0.25) is 5.15 Å². The zero-order valence-electron chi connectivity index (χ0n) is 11.8. The molecular weight excluding hydrogens is 302 g/mol. The summed E-state index contributed by atoms with van der Waals surface area (Å²) < 4.78 is 1.43. The molecular formula is C15H14ClN5O. The Morgan fingerprint density at radius 2 is 2.09 bits per heavy atom. The molecule has 2 aliphatic carbocycles. The lowest BCUT2D eigenvalue weighted by molar-refractivity contribution is -0.121. The van der Waals surface area contributed by atoms with Crippen LogP contribution in [0.4, 0.5) is 5.82 Å². The summed E-state index contributed by atoms with van der Waals surface area (Å²) in [7, 11) is 0. The van der Waals surface area contributed by atoms with Crippen LogP contribution < -0.4 is 5.73 Å². The first-order chi connectivity index (χ1) is 10.6. The van der Waals surface area contributed by atoms with E-state index < -0.39 is 0 Å². The molecule has 1 fully saturated rings. The summed E-state index contributed by atoms with van der Waals surface area (Å²) in [6.45, 7) is 0. The molecule has 0 saturated heterocycles. The van der Waals surface area contributed by atoms with E-state index in [4.69, 9.17) is 17.3 Å². The topological polar surface area (TPSA) is 86.7 Å². The van der Waals surface area contributed by atoms with E-state index in [1.165, 1.54) is 10.3 Å². The summed E-state index contributed by atoms with van der Waals surface area (Å²) in [5.74, 6) is 1.21. The number of anilines is 1. The van der Waals surface area contributed by atoms with Crippen molar-refractivity contribution in [3.63, 3.8) is 0 Å². The summed E-state index contributed by atoms with van der Waals surface area (Å²) in [4.78, 5) is 20.4. The van der Waals surface area contributed by atoms with E-state index in [-0.39, 0.29) is 11.7 Å².